The number of methoxy groups -OCH3 is 2. The molecule has 2 aromatic rings. The van der Waals surface area contributed by atoms with E-state index in [2.05, 4.69) is 11.0 Å². The Kier molecular flexibility index (Phi) is 6.76. The molecular weight excluding hydrogens is 356 g/mol. The fraction of sp³-hybridized carbons (Fsp3) is 0.409. The zero-order valence-electron chi connectivity index (χ0n) is 16.8. The molecular formula is C22H28N2O4. The van der Waals surface area contributed by atoms with Crippen LogP contribution >= 0.6 is 0 Å². The van der Waals surface area contributed by atoms with Crippen molar-refractivity contribution < 1.29 is 19.0 Å². The van der Waals surface area contributed by atoms with E-state index in [1.165, 1.54) is 5.56 Å². The number of benzene rings is 2. The minimum atomic E-state index is -0.0522. The summed E-state index contributed by atoms with van der Waals surface area (Å²) in [6.07, 6.45) is 0. The van der Waals surface area contributed by atoms with Gasteiger partial charge in [0, 0.05) is 38.3 Å². The van der Waals surface area contributed by atoms with Crippen molar-refractivity contribution >= 4 is 5.91 Å². The van der Waals surface area contributed by atoms with Gasteiger partial charge >= 0.3 is 0 Å². The Morgan fingerprint density at radius 2 is 1.50 bits per heavy atom. The second-order valence-electron chi connectivity index (χ2n) is 6.65. The van der Waals surface area contributed by atoms with E-state index in [9.17, 15) is 4.79 Å². The minimum Gasteiger partial charge on any atom is -0.496 e. The average Bonchev–Trinajstić information content (AvgIpc) is 2.74. The molecule has 1 saturated heterocycles. The van der Waals surface area contributed by atoms with Crippen molar-refractivity contribution in [2.24, 2.45) is 0 Å². The third-order valence-electron chi connectivity index (χ3n) is 4.97. The van der Waals surface area contributed by atoms with Crippen LogP contribution in [0.15, 0.2) is 42.5 Å². The lowest BCUT2D eigenvalue weighted by atomic mass is 10.1. The highest BCUT2D eigenvalue weighted by Crippen LogP contribution is 2.30. The van der Waals surface area contributed by atoms with Crippen LogP contribution in [0.3, 0.4) is 0 Å². The van der Waals surface area contributed by atoms with Crippen LogP contribution in [0, 0.1) is 0 Å². The lowest BCUT2D eigenvalue weighted by Gasteiger charge is -2.35. The van der Waals surface area contributed by atoms with Gasteiger partial charge in [-0.05, 0) is 25.1 Å². The van der Waals surface area contributed by atoms with Gasteiger partial charge in [-0.15, -0.1) is 0 Å². The van der Waals surface area contributed by atoms with Gasteiger partial charge < -0.3 is 19.1 Å². The summed E-state index contributed by atoms with van der Waals surface area (Å²) in [6, 6.07) is 13.5. The van der Waals surface area contributed by atoms with Crippen LogP contribution in [0.5, 0.6) is 17.2 Å². The zero-order valence-corrected chi connectivity index (χ0v) is 16.8. The molecule has 0 saturated carbocycles. The molecule has 1 aliphatic rings. The van der Waals surface area contributed by atoms with E-state index in [1.807, 2.05) is 36.1 Å². The maximum Gasteiger partial charge on any atom is 0.261 e. The monoisotopic (exact) mass is 384 g/mol. The maximum atomic E-state index is 13.1. The number of para-hydroxylation sites is 1. The third kappa shape index (κ3) is 4.39. The number of hydrogen-bond acceptors (Lipinski definition) is 5. The Labute approximate surface area is 166 Å². The van der Waals surface area contributed by atoms with Crippen LogP contribution in [0.1, 0.15) is 22.8 Å². The van der Waals surface area contributed by atoms with Crippen LogP contribution in [0.4, 0.5) is 0 Å². The van der Waals surface area contributed by atoms with Crippen molar-refractivity contribution in [2.75, 3.05) is 47.0 Å². The number of carbonyl (C=O) groups excluding carboxylic acids is 1. The largest absolute Gasteiger partial charge is 0.496 e. The van der Waals surface area contributed by atoms with Gasteiger partial charge in [-0.2, -0.15) is 0 Å². The van der Waals surface area contributed by atoms with Gasteiger partial charge in [-0.25, -0.2) is 0 Å². The number of rotatable bonds is 7. The van der Waals surface area contributed by atoms with Crippen molar-refractivity contribution in [1.29, 1.82) is 0 Å². The second kappa shape index (κ2) is 9.46. The molecule has 0 aliphatic carbocycles. The summed E-state index contributed by atoms with van der Waals surface area (Å²) in [7, 11) is 3.14. The van der Waals surface area contributed by atoms with Gasteiger partial charge in [0.1, 0.15) is 22.8 Å². The number of carbonyl (C=O) groups is 1. The van der Waals surface area contributed by atoms with Gasteiger partial charge in [0.05, 0.1) is 20.8 Å². The quantitative estimate of drug-likeness (QED) is 0.734. The molecule has 0 aromatic heterocycles. The first-order valence-electron chi connectivity index (χ1n) is 9.61. The smallest absolute Gasteiger partial charge is 0.261 e. The molecule has 0 N–H and O–H groups in total. The Hall–Kier alpha value is -2.73. The Balaban J connectivity index is 1.66. The van der Waals surface area contributed by atoms with E-state index in [0.29, 0.717) is 36.8 Å². The molecule has 2 aromatic carbocycles. The van der Waals surface area contributed by atoms with E-state index in [0.717, 1.165) is 25.4 Å². The van der Waals surface area contributed by atoms with Crippen molar-refractivity contribution in [3.63, 3.8) is 0 Å². The molecule has 0 unspecified atom stereocenters. The molecule has 0 spiro atoms. The highest BCUT2D eigenvalue weighted by Gasteiger charge is 2.27. The summed E-state index contributed by atoms with van der Waals surface area (Å²) < 4.78 is 16.5. The summed E-state index contributed by atoms with van der Waals surface area (Å²) in [5.74, 6) is 1.96. The molecule has 150 valence electrons. The Bertz CT molecular complexity index is 779. The normalized spacial score (nSPS) is 14.6. The molecule has 1 aliphatic heterocycles. The standard InChI is InChI=1S/C22H28N2O4/c1-4-28-18-9-6-5-8-17(18)16-23-12-14-24(15-13-23)22(25)21-19(26-2)10-7-11-20(21)27-3/h5-11H,4,12-16H2,1-3H3. The molecule has 1 fully saturated rings. The maximum absolute atomic E-state index is 13.1. The molecule has 6 heteroatoms. The third-order valence-corrected chi connectivity index (χ3v) is 4.97. The number of nitrogens with zero attached hydrogens (tertiary/aromatic N) is 2. The lowest BCUT2D eigenvalue weighted by Crippen LogP contribution is -2.48. The van der Waals surface area contributed by atoms with Crippen LogP contribution in [0.25, 0.3) is 0 Å². The topological polar surface area (TPSA) is 51.2 Å². The highest BCUT2D eigenvalue weighted by molar-refractivity contribution is 5.99. The average molecular weight is 384 g/mol. The van der Waals surface area contributed by atoms with Crippen molar-refractivity contribution in [3.8, 4) is 17.2 Å². The second-order valence-corrected chi connectivity index (χ2v) is 6.65. The van der Waals surface area contributed by atoms with E-state index >= 15 is 0 Å². The van der Waals surface area contributed by atoms with E-state index in [-0.39, 0.29) is 5.91 Å². The summed E-state index contributed by atoms with van der Waals surface area (Å²) in [6.45, 7) is 6.41. The van der Waals surface area contributed by atoms with Crippen molar-refractivity contribution in [1.82, 2.24) is 9.80 Å². The summed E-state index contributed by atoms with van der Waals surface area (Å²) in [5.41, 5.74) is 1.66. The van der Waals surface area contributed by atoms with E-state index < -0.39 is 0 Å². The predicted molar refractivity (Wildman–Crippen MR) is 108 cm³/mol. The van der Waals surface area contributed by atoms with Gasteiger partial charge in [0.15, 0.2) is 0 Å². The van der Waals surface area contributed by atoms with Crippen LogP contribution in [-0.4, -0.2) is 62.7 Å². The Morgan fingerprint density at radius 1 is 0.893 bits per heavy atom. The molecule has 3 rings (SSSR count). The van der Waals surface area contributed by atoms with Crippen LogP contribution < -0.4 is 14.2 Å². The first-order chi connectivity index (χ1) is 13.7. The minimum absolute atomic E-state index is 0.0522. The van der Waals surface area contributed by atoms with Crippen LogP contribution in [0.2, 0.25) is 0 Å². The highest BCUT2D eigenvalue weighted by atomic mass is 16.5. The zero-order chi connectivity index (χ0) is 19.9. The number of hydrogen-bond donors (Lipinski definition) is 0. The first-order valence-corrected chi connectivity index (χ1v) is 9.61. The van der Waals surface area contributed by atoms with E-state index in [4.69, 9.17) is 14.2 Å². The number of piperazine rings is 1. The van der Waals surface area contributed by atoms with Crippen molar-refractivity contribution in [3.05, 3.63) is 53.6 Å². The van der Waals surface area contributed by atoms with Crippen molar-refractivity contribution in [2.45, 2.75) is 13.5 Å². The van der Waals surface area contributed by atoms with Gasteiger partial charge in [0.25, 0.3) is 5.91 Å². The molecule has 1 amide bonds. The first kappa shape index (κ1) is 20.0. The fourth-order valence-corrected chi connectivity index (χ4v) is 3.50. The number of ether oxygens (including phenoxy) is 3. The van der Waals surface area contributed by atoms with Gasteiger partial charge in [-0.1, -0.05) is 24.3 Å². The SMILES string of the molecule is CCOc1ccccc1CN1CCN(C(=O)c2c(OC)cccc2OC)CC1. The van der Waals surface area contributed by atoms with Crippen LogP contribution in [-0.2, 0) is 6.54 Å². The molecule has 0 radical (unpaired) electrons. The van der Waals surface area contributed by atoms with Gasteiger partial charge in [-0.3, -0.25) is 9.69 Å². The molecule has 28 heavy (non-hydrogen) atoms. The molecule has 1 heterocycles. The summed E-state index contributed by atoms with van der Waals surface area (Å²) in [4.78, 5) is 17.3. The van der Waals surface area contributed by atoms with E-state index in [1.54, 1.807) is 26.4 Å². The molecule has 6 nitrogen and oxygen atoms in total. The molecule has 0 atom stereocenters. The predicted octanol–water partition coefficient (Wildman–Crippen LogP) is 3.06. The summed E-state index contributed by atoms with van der Waals surface area (Å²) in [5, 5.41) is 0. The van der Waals surface area contributed by atoms with Gasteiger partial charge in [0.2, 0.25) is 0 Å². The molecule has 0 bridgehead atoms. The lowest BCUT2D eigenvalue weighted by molar-refractivity contribution is 0.0620. The fourth-order valence-electron chi connectivity index (χ4n) is 3.50. The number of amides is 1. The summed E-state index contributed by atoms with van der Waals surface area (Å²) >= 11 is 0. The Morgan fingerprint density at radius 3 is 2.11 bits per heavy atom.